The molecule has 164 valence electrons. The van der Waals surface area contributed by atoms with Crippen LogP contribution in [0.5, 0.6) is 5.75 Å². The SMILES string of the molecule is O=C(O)CCCOc1ccc(CNC(=O)OCC2c3ccccc3-c3ccccc32)cc1. The molecule has 3 aromatic carbocycles. The van der Waals surface area contributed by atoms with E-state index in [1.54, 1.807) is 12.1 Å². The van der Waals surface area contributed by atoms with Crippen LogP contribution in [0.4, 0.5) is 4.79 Å². The lowest BCUT2D eigenvalue weighted by atomic mass is 9.98. The zero-order valence-corrected chi connectivity index (χ0v) is 17.6. The average Bonchev–Trinajstić information content (AvgIpc) is 3.13. The number of amides is 1. The lowest BCUT2D eigenvalue weighted by molar-refractivity contribution is -0.137. The smallest absolute Gasteiger partial charge is 0.407 e. The fraction of sp³-hybridized carbons (Fsp3) is 0.231. The normalized spacial score (nSPS) is 12.0. The molecule has 6 nitrogen and oxygen atoms in total. The fourth-order valence-electron chi connectivity index (χ4n) is 3.94. The molecule has 0 atom stereocenters. The van der Waals surface area contributed by atoms with E-state index in [1.807, 2.05) is 36.4 Å². The monoisotopic (exact) mass is 431 g/mol. The van der Waals surface area contributed by atoms with E-state index in [4.69, 9.17) is 14.6 Å². The summed E-state index contributed by atoms with van der Waals surface area (Å²) >= 11 is 0. The number of carbonyl (C=O) groups excluding carboxylic acids is 1. The first-order chi connectivity index (χ1) is 15.6. The van der Waals surface area contributed by atoms with Crippen LogP contribution in [0.15, 0.2) is 72.8 Å². The molecule has 0 unspecified atom stereocenters. The summed E-state index contributed by atoms with van der Waals surface area (Å²) in [7, 11) is 0. The lowest BCUT2D eigenvalue weighted by Gasteiger charge is -2.14. The van der Waals surface area contributed by atoms with Crippen LogP contribution in [-0.2, 0) is 16.1 Å². The van der Waals surface area contributed by atoms with Crippen molar-refractivity contribution in [1.29, 1.82) is 0 Å². The van der Waals surface area contributed by atoms with Gasteiger partial charge in [-0.1, -0.05) is 60.7 Å². The van der Waals surface area contributed by atoms with Crippen molar-refractivity contribution in [3.8, 4) is 16.9 Å². The van der Waals surface area contributed by atoms with Crippen molar-refractivity contribution in [2.45, 2.75) is 25.3 Å². The lowest BCUT2D eigenvalue weighted by Crippen LogP contribution is -2.25. The number of alkyl carbamates (subject to hydrolysis) is 1. The van der Waals surface area contributed by atoms with Crippen molar-refractivity contribution in [2.75, 3.05) is 13.2 Å². The number of carbonyl (C=O) groups is 2. The maximum Gasteiger partial charge on any atom is 0.407 e. The number of fused-ring (bicyclic) bond motifs is 3. The van der Waals surface area contributed by atoms with Crippen LogP contribution in [0.25, 0.3) is 11.1 Å². The third kappa shape index (κ3) is 5.09. The molecule has 2 N–H and O–H groups in total. The molecule has 32 heavy (non-hydrogen) atoms. The molecule has 0 bridgehead atoms. The Bertz CT molecular complexity index is 1050. The molecule has 4 rings (SSSR count). The Balaban J connectivity index is 1.26. The summed E-state index contributed by atoms with van der Waals surface area (Å²) in [5.41, 5.74) is 5.67. The van der Waals surface area contributed by atoms with E-state index in [1.165, 1.54) is 22.3 Å². The van der Waals surface area contributed by atoms with Crippen LogP contribution in [0, 0.1) is 0 Å². The van der Waals surface area contributed by atoms with Crippen molar-refractivity contribution in [1.82, 2.24) is 5.32 Å². The van der Waals surface area contributed by atoms with Gasteiger partial charge in [-0.25, -0.2) is 4.79 Å². The number of rotatable bonds is 9. The van der Waals surface area contributed by atoms with Crippen molar-refractivity contribution in [3.63, 3.8) is 0 Å². The molecule has 0 aliphatic heterocycles. The van der Waals surface area contributed by atoms with Gasteiger partial charge in [0.1, 0.15) is 12.4 Å². The van der Waals surface area contributed by atoms with Crippen LogP contribution >= 0.6 is 0 Å². The summed E-state index contributed by atoms with van der Waals surface area (Å²) in [5.74, 6) is -0.130. The van der Waals surface area contributed by atoms with E-state index in [9.17, 15) is 9.59 Å². The molecule has 0 heterocycles. The van der Waals surface area contributed by atoms with Crippen LogP contribution in [0.2, 0.25) is 0 Å². The Morgan fingerprint density at radius 1 is 0.875 bits per heavy atom. The third-order valence-electron chi connectivity index (χ3n) is 5.51. The Morgan fingerprint density at radius 2 is 1.50 bits per heavy atom. The third-order valence-corrected chi connectivity index (χ3v) is 5.51. The van der Waals surface area contributed by atoms with Gasteiger partial charge < -0.3 is 19.9 Å². The molecule has 0 saturated carbocycles. The number of hydrogen-bond acceptors (Lipinski definition) is 4. The van der Waals surface area contributed by atoms with Gasteiger partial charge in [0, 0.05) is 18.9 Å². The number of benzene rings is 3. The summed E-state index contributed by atoms with van der Waals surface area (Å²) < 4.78 is 11.1. The van der Waals surface area contributed by atoms with Crippen molar-refractivity contribution >= 4 is 12.1 Å². The maximum absolute atomic E-state index is 12.3. The van der Waals surface area contributed by atoms with E-state index >= 15 is 0 Å². The Labute approximate surface area is 186 Å². The summed E-state index contributed by atoms with van der Waals surface area (Å²) in [6.07, 6.45) is 0.0867. The fourth-order valence-corrected chi connectivity index (χ4v) is 3.94. The number of ether oxygens (including phenoxy) is 2. The minimum absolute atomic E-state index is 0.0331. The second kappa shape index (κ2) is 10.0. The molecular weight excluding hydrogens is 406 g/mol. The van der Waals surface area contributed by atoms with E-state index in [0.717, 1.165) is 5.56 Å². The van der Waals surface area contributed by atoms with Crippen LogP contribution in [-0.4, -0.2) is 30.4 Å². The first-order valence-corrected chi connectivity index (χ1v) is 10.6. The number of aliphatic carboxylic acids is 1. The van der Waals surface area contributed by atoms with Gasteiger partial charge in [-0.3, -0.25) is 4.79 Å². The number of nitrogens with one attached hydrogen (secondary N) is 1. The Morgan fingerprint density at radius 3 is 2.12 bits per heavy atom. The largest absolute Gasteiger partial charge is 0.494 e. The van der Waals surface area contributed by atoms with Crippen molar-refractivity contribution in [3.05, 3.63) is 89.5 Å². The van der Waals surface area contributed by atoms with Gasteiger partial charge in [0.05, 0.1) is 6.61 Å². The van der Waals surface area contributed by atoms with Gasteiger partial charge >= 0.3 is 12.1 Å². The molecular formula is C26H25NO5. The topological polar surface area (TPSA) is 84.9 Å². The summed E-state index contributed by atoms with van der Waals surface area (Å²) in [6.45, 7) is 0.975. The van der Waals surface area contributed by atoms with Crippen molar-refractivity contribution < 1.29 is 24.2 Å². The highest BCUT2D eigenvalue weighted by atomic mass is 16.5. The standard InChI is InChI=1S/C26H25NO5/c28-25(29)10-5-15-31-19-13-11-18(12-14-19)16-27-26(30)32-17-24-22-8-3-1-6-20(22)21-7-2-4-9-23(21)24/h1-4,6-9,11-14,24H,5,10,15-17H2,(H,27,30)(H,28,29). The molecule has 0 radical (unpaired) electrons. The van der Waals surface area contributed by atoms with Gasteiger partial charge in [-0.15, -0.1) is 0 Å². The molecule has 0 aromatic heterocycles. The first-order valence-electron chi connectivity index (χ1n) is 10.6. The van der Waals surface area contributed by atoms with Gasteiger partial charge in [-0.05, 0) is 46.4 Å². The number of carboxylic acid groups (broad SMARTS) is 1. The molecule has 1 amide bonds. The van der Waals surface area contributed by atoms with E-state index in [-0.39, 0.29) is 18.9 Å². The molecule has 6 heteroatoms. The number of carboxylic acids is 1. The highest BCUT2D eigenvalue weighted by molar-refractivity contribution is 5.79. The van der Waals surface area contributed by atoms with E-state index in [0.29, 0.717) is 25.3 Å². The first kappa shape index (κ1) is 21.4. The Kier molecular flexibility index (Phi) is 6.70. The molecule has 0 spiro atoms. The van der Waals surface area contributed by atoms with Crippen LogP contribution in [0.1, 0.15) is 35.4 Å². The van der Waals surface area contributed by atoms with Gasteiger partial charge in [0.15, 0.2) is 0 Å². The van der Waals surface area contributed by atoms with E-state index < -0.39 is 12.1 Å². The molecule has 1 aliphatic carbocycles. The summed E-state index contributed by atoms with van der Waals surface area (Å²) in [6, 6.07) is 23.8. The zero-order chi connectivity index (χ0) is 22.3. The van der Waals surface area contributed by atoms with Gasteiger partial charge in [0.2, 0.25) is 0 Å². The van der Waals surface area contributed by atoms with Crippen LogP contribution < -0.4 is 10.1 Å². The van der Waals surface area contributed by atoms with Gasteiger partial charge in [-0.2, -0.15) is 0 Å². The molecule has 1 aliphatic rings. The predicted molar refractivity (Wildman–Crippen MR) is 121 cm³/mol. The zero-order valence-electron chi connectivity index (χ0n) is 17.6. The highest BCUT2D eigenvalue weighted by Gasteiger charge is 2.28. The predicted octanol–water partition coefficient (Wildman–Crippen LogP) is 4.97. The van der Waals surface area contributed by atoms with Crippen LogP contribution in [0.3, 0.4) is 0 Å². The molecule has 3 aromatic rings. The van der Waals surface area contributed by atoms with E-state index in [2.05, 4.69) is 29.6 Å². The average molecular weight is 431 g/mol. The summed E-state index contributed by atoms with van der Waals surface area (Å²) in [4.78, 5) is 22.8. The minimum atomic E-state index is -0.830. The number of hydrogen-bond donors (Lipinski definition) is 2. The molecule has 0 saturated heterocycles. The van der Waals surface area contributed by atoms with Gasteiger partial charge in [0.25, 0.3) is 0 Å². The summed E-state index contributed by atoms with van der Waals surface area (Å²) in [5, 5.41) is 11.4. The van der Waals surface area contributed by atoms with Crippen molar-refractivity contribution in [2.24, 2.45) is 0 Å². The second-order valence-electron chi connectivity index (χ2n) is 7.67. The maximum atomic E-state index is 12.3. The highest BCUT2D eigenvalue weighted by Crippen LogP contribution is 2.44. The Hall–Kier alpha value is -3.80. The quantitative estimate of drug-likeness (QED) is 0.467. The second-order valence-corrected chi connectivity index (χ2v) is 7.67. The minimum Gasteiger partial charge on any atom is -0.494 e. The molecule has 0 fully saturated rings.